The van der Waals surface area contributed by atoms with Crippen molar-refractivity contribution in [1.29, 1.82) is 0 Å². The molecule has 0 heterocycles. The Morgan fingerprint density at radius 3 is 2.05 bits per heavy atom. The van der Waals surface area contributed by atoms with Gasteiger partial charge in [-0.1, -0.05) is 30.3 Å². The highest BCUT2D eigenvalue weighted by molar-refractivity contribution is 7.90. The minimum Gasteiger partial charge on any atom is -0.224 e. The quantitative estimate of drug-likeness (QED) is 0.844. The molecule has 0 aromatic heterocycles. The fourth-order valence-electron chi connectivity index (χ4n) is 2.81. The largest absolute Gasteiger partial charge is 0.224 e. The molecule has 2 nitrogen and oxygen atoms in total. The van der Waals surface area contributed by atoms with E-state index in [4.69, 9.17) is 0 Å². The summed E-state index contributed by atoms with van der Waals surface area (Å²) in [7, 11) is -3.12. The van der Waals surface area contributed by atoms with Crippen LogP contribution < -0.4 is 0 Å². The molecule has 0 fully saturated rings. The van der Waals surface area contributed by atoms with E-state index in [1.165, 1.54) is 42.2 Å². The van der Waals surface area contributed by atoms with E-state index in [0.29, 0.717) is 4.90 Å². The molecular weight excluding hydrogens is 268 g/mol. The molecule has 3 rings (SSSR count). The van der Waals surface area contributed by atoms with Gasteiger partial charge in [-0.15, -0.1) is 0 Å². The van der Waals surface area contributed by atoms with Crippen molar-refractivity contribution in [3.8, 4) is 11.1 Å². The Labute approximate surface area is 120 Å². The van der Waals surface area contributed by atoms with E-state index >= 15 is 0 Å². The molecule has 0 spiro atoms. The second-order valence-corrected chi connectivity index (χ2v) is 7.50. The highest BCUT2D eigenvalue weighted by Gasteiger charge is 2.11. The number of aryl methyl sites for hydroxylation is 2. The van der Waals surface area contributed by atoms with Crippen molar-refractivity contribution in [2.45, 2.75) is 30.6 Å². The normalized spacial score (nSPS) is 14.8. The zero-order valence-corrected chi connectivity index (χ0v) is 12.4. The van der Waals surface area contributed by atoms with Gasteiger partial charge in [-0.25, -0.2) is 8.42 Å². The number of sulfone groups is 1. The lowest BCUT2D eigenvalue weighted by molar-refractivity contribution is 0.602. The van der Waals surface area contributed by atoms with E-state index in [1.54, 1.807) is 12.1 Å². The van der Waals surface area contributed by atoms with Crippen LogP contribution in [0.2, 0.25) is 0 Å². The predicted octanol–water partition coefficient (Wildman–Crippen LogP) is 3.64. The van der Waals surface area contributed by atoms with Crippen molar-refractivity contribution >= 4 is 9.84 Å². The predicted molar refractivity (Wildman–Crippen MR) is 81.6 cm³/mol. The lowest BCUT2D eigenvalue weighted by Crippen LogP contribution is -2.02. The number of benzene rings is 2. The van der Waals surface area contributed by atoms with Gasteiger partial charge in [0.25, 0.3) is 0 Å². The molecule has 20 heavy (non-hydrogen) atoms. The van der Waals surface area contributed by atoms with Crippen LogP contribution in [0.4, 0.5) is 0 Å². The van der Waals surface area contributed by atoms with Gasteiger partial charge in [-0.05, 0) is 60.1 Å². The molecule has 0 N–H and O–H groups in total. The summed E-state index contributed by atoms with van der Waals surface area (Å²) in [5.41, 5.74) is 5.16. The van der Waals surface area contributed by atoms with E-state index in [1.807, 2.05) is 12.1 Å². The molecule has 0 radical (unpaired) electrons. The minimum absolute atomic E-state index is 0.374. The van der Waals surface area contributed by atoms with Gasteiger partial charge in [0.05, 0.1) is 4.90 Å². The standard InChI is InChI=1S/C17H18O2S/c1-20(18,19)17-10-8-14(9-11-17)16-7-6-13-4-2-3-5-15(13)12-16/h6-12H,2-5H2,1H3. The van der Waals surface area contributed by atoms with Crippen LogP contribution in [0.15, 0.2) is 47.4 Å². The molecule has 1 aliphatic rings. The van der Waals surface area contributed by atoms with Crippen LogP contribution in [0.5, 0.6) is 0 Å². The molecule has 2 aromatic carbocycles. The molecule has 0 saturated heterocycles. The van der Waals surface area contributed by atoms with Gasteiger partial charge >= 0.3 is 0 Å². The summed E-state index contributed by atoms with van der Waals surface area (Å²) < 4.78 is 22.9. The molecule has 3 heteroatoms. The van der Waals surface area contributed by atoms with Crippen LogP contribution in [0.3, 0.4) is 0 Å². The number of hydrogen-bond donors (Lipinski definition) is 0. The average Bonchev–Trinajstić information content (AvgIpc) is 2.46. The minimum atomic E-state index is -3.12. The molecule has 0 aliphatic heterocycles. The van der Waals surface area contributed by atoms with Gasteiger partial charge in [-0.3, -0.25) is 0 Å². The van der Waals surface area contributed by atoms with Crippen molar-refractivity contribution in [1.82, 2.24) is 0 Å². The molecule has 0 unspecified atom stereocenters. The van der Waals surface area contributed by atoms with Crippen LogP contribution in [-0.4, -0.2) is 14.7 Å². The van der Waals surface area contributed by atoms with Gasteiger partial charge in [0.2, 0.25) is 0 Å². The SMILES string of the molecule is CS(=O)(=O)c1ccc(-c2ccc3c(c2)CCCC3)cc1. The molecule has 0 amide bonds. The summed E-state index contributed by atoms with van der Waals surface area (Å²) in [6.07, 6.45) is 6.13. The lowest BCUT2D eigenvalue weighted by atomic mass is 9.89. The van der Waals surface area contributed by atoms with Crippen LogP contribution in [-0.2, 0) is 22.7 Å². The van der Waals surface area contributed by atoms with E-state index in [-0.39, 0.29) is 0 Å². The summed E-state index contributed by atoms with van der Waals surface area (Å²) in [5.74, 6) is 0. The van der Waals surface area contributed by atoms with Crippen LogP contribution in [0.25, 0.3) is 11.1 Å². The van der Waals surface area contributed by atoms with E-state index in [2.05, 4.69) is 18.2 Å². The summed E-state index contributed by atoms with van der Waals surface area (Å²) in [6.45, 7) is 0. The first-order chi connectivity index (χ1) is 9.54. The van der Waals surface area contributed by atoms with Gasteiger partial charge in [0.1, 0.15) is 0 Å². The van der Waals surface area contributed by atoms with Crippen LogP contribution >= 0.6 is 0 Å². The molecule has 1 aliphatic carbocycles. The second kappa shape index (κ2) is 5.06. The summed E-state index contributed by atoms with van der Waals surface area (Å²) in [5, 5.41) is 0. The van der Waals surface area contributed by atoms with Gasteiger partial charge in [-0.2, -0.15) is 0 Å². The van der Waals surface area contributed by atoms with E-state index in [0.717, 1.165) is 12.0 Å². The summed E-state index contributed by atoms with van der Waals surface area (Å²) in [6, 6.07) is 13.8. The summed E-state index contributed by atoms with van der Waals surface area (Å²) in [4.78, 5) is 0.374. The Morgan fingerprint density at radius 2 is 1.40 bits per heavy atom. The number of hydrogen-bond acceptors (Lipinski definition) is 2. The Bertz CT molecular complexity index is 728. The van der Waals surface area contributed by atoms with Crippen molar-refractivity contribution in [2.75, 3.05) is 6.26 Å². The molecule has 0 bridgehead atoms. The maximum atomic E-state index is 11.5. The Kier molecular flexibility index (Phi) is 3.38. The first kappa shape index (κ1) is 13.4. The van der Waals surface area contributed by atoms with Crippen molar-refractivity contribution in [2.24, 2.45) is 0 Å². The third kappa shape index (κ3) is 2.63. The Balaban J connectivity index is 1.97. The molecule has 2 aromatic rings. The molecule has 0 saturated carbocycles. The maximum absolute atomic E-state index is 11.5. The lowest BCUT2D eigenvalue weighted by Gasteiger charge is -2.16. The third-order valence-corrected chi connectivity index (χ3v) is 5.09. The fourth-order valence-corrected chi connectivity index (χ4v) is 3.44. The highest BCUT2D eigenvalue weighted by atomic mass is 32.2. The molecule has 104 valence electrons. The highest BCUT2D eigenvalue weighted by Crippen LogP contribution is 2.28. The van der Waals surface area contributed by atoms with Gasteiger partial charge < -0.3 is 0 Å². The molecule has 0 atom stereocenters. The molecular formula is C17H18O2S. The monoisotopic (exact) mass is 286 g/mol. The first-order valence-electron chi connectivity index (χ1n) is 6.96. The van der Waals surface area contributed by atoms with Crippen LogP contribution in [0, 0.1) is 0 Å². The maximum Gasteiger partial charge on any atom is 0.175 e. The van der Waals surface area contributed by atoms with Crippen molar-refractivity contribution < 1.29 is 8.42 Å². The Hall–Kier alpha value is -1.61. The topological polar surface area (TPSA) is 34.1 Å². The number of rotatable bonds is 2. The van der Waals surface area contributed by atoms with Gasteiger partial charge in [0, 0.05) is 6.26 Å². The summed E-state index contributed by atoms with van der Waals surface area (Å²) >= 11 is 0. The zero-order chi connectivity index (χ0) is 14.2. The Morgan fingerprint density at radius 1 is 0.800 bits per heavy atom. The van der Waals surface area contributed by atoms with E-state index in [9.17, 15) is 8.42 Å². The van der Waals surface area contributed by atoms with Gasteiger partial charge in [0.15, 0.2) is 9.84 Å². The number of fused-ring (bicyclic) bond motifs is 1. The first-order valence-corrected chi connectivity index (χ1v) is 8.85. The smallest absolute Gasteiger partial charge is 0.175 e. The van der Waals surface area contributed by atoms with Crippen molar-refractivity contribution in [3.63, 3.8) is 0 Å². The van der Waals surface area contributed by atoms with Crippen molar-refractivity contribution in [3.05, 3.63) is 53.6 Å². The van der Waals surface area contributed by atoms with E-state index < -0.39 is 9.84 Å². The third-order valence-electron chi connectivity index (χ3n) is 3.96. The second-order valence-electron chi connectivity index (χ2n) is 5.49. The average molecular weight is 286 g/mol. The fraction of sp³-hybridized carbons (Fsp3) is 0.294. The van der Waals surface area contributed by atoms with Crippen LogP contribution in [0.1, 0.15) is 24.0 Å². The zero-order valence-electron chi connectivity index (χ0n) is 11.6.